The molecule has 0 N–H and O–H groups in total. The standard InChI is InChI=1S/C23H31N5O3S/c1-3-22-24-18(16-32-22)15-25-10-12-27(13-11-25)23(29)20-14-19(28(30)31)4-5-21(20)26-8-6-17(2)7-9-26/h4-5,14,16-17H,3,6-13,15H2,1-2H3. The number of nitro benzene ring substituents is 1. The zero-order chi connectivity index (χ0) is 22.7. The number of nitrogens with zero attached hydrogens (tertiary/aromatic N) is 5. The topological polar surface area (TPSA) is 82.8 Å². The Morgan fingerprint density at radius 1 is 1.19 bits per heavy atom. The second kappa shape index (κ2) is 9.95. The van der Waals surface area contributed by atoms with E-state index >= 15 is 0 Å². The van der Waals surface area contributed by atoms with Gasteiger partial charge in [0, 0.05) is 63.3 Å². The summed E-state index contributed by atoms with van der Waals surface area (Å²) in [6.45, 7) is 9.68. The molecule has 1 aromatic heterocycles. The van der Waals surface area contributed by atoms with Gasteiger partial charge in [0.2, 0.25) is 0 Å². The first-order valence-corrected chi connectivity index (χ1v) is 12.3. The molecule has 0 radical (unpaired) electrons. The van der Waals surface area contributed by atoms with E-state index < -0.39 is 4.92 Å². The van der Waals surface area contributed by atoms with Gasteiger partial charge in [-0.15, -0.1) is 11.3 Å². The largest absolute Gasteiger partial charge is 0.371 e. The van der Waals surface area contributed by atoms with E-state index in [4.69, 9.17) is 0 Å². The molecular weight excluding hydrogens is 426 g/mol. The van der Waals surface area contributed by atoms with Crippen LogP contribution in [-0.4, -0.2) is 64.9 Å². The number of amides is 1. The Morgan fingerprint density at radius 2 is 1.91 bits per heavy atom. The Labute approximate surface area is 193 Å². The summed E-state index contributed by atoms with van der Waals surface area (Å²) >= 11 is 1.70. The number of anilines is 1. The highest BCUT2D eigenvalue weighted by molar-refractivity contribution is 7.09. The van der Waals surface area contributed by atoms with Crippen LogP contribution in [0.5, 0.6) is 0 Å². The lowest BCUT2D eigenvalue weighted by atomic mass is 9.97. The maximum Gasteiger partial charge on any atom is 0.270 e. The molecule has 3 heterocycles. The van der Waals surface area contributed by atoms with Crippen molar-refractivity contribution in [2.45, 2.75) is 39.7 Å². The summed E-state index contributed by atoms with van der Waals surface area (Å²) in [6.07, 6.45) is 3.09. The molecule has 0 bridgehead atoms. The molecule has 32 heavy (non-hydrogen) atoms. The van der Waals surface area contributed by atoms with Gasteiger partial charge in [-0.2, -0.15) is 0 Å². The fraction of sp³-hybridized carbons (Fsp3) is 0.565. The number of nitro groups is 1. The van der Waals surface area contributed by atoms with E-state index in [1.165, 1.54) is 12.1 Å². The molecule has 0 unspecified atom stereocenters. The maximum atomic E-state index is 13.5. The van der Waals surface area contributed by atoms with Crippen LogP contribution in [-0.2, 0) is 13.0 Å². The van der Waals surface area contributed by atoms with Crippen LogP contribution in [0.1, 0.15) is 47.7 Å². The van der Waals surface area contributed by atoms with Crippen molar-refractivity contribution in [3.8, 4) is 0 Å². The fourth-order valence-corrected chi connectivity index (χ4v) is 5.16. The van der Waals surface area contributed by atoms with E-state index in [-0.39, 0.29) is 11.6 Å². The first-order valence-electron chi connectivity index (χ1n) is 11.4. The van der Waals surface area contributed by atoms with Crippen molar-refractivity contribution < 1.29 is 9.72 Å². The highest BCUT2D eigenvalue weighted by Crippen LogP contribution is 2.30. The third kappa shape index (κ3) is 5.10. The number of rotatable bonds is 6. The molecule has 172 valence electrons. The fourth-order valence-electron chi connectivity index (χ4n) is 4.43. The lowest BCUT2D eigenvalue weighted by molar-refractivity contribution is -0.384. The van der Waals surface area contributed by atoms with Crippen LogP contribution in [0.15, 0.2) is 23.6 Å². The number of carbonyl (C=O) groups excluding carboxylic acids is 1. The summed E-state index contributed by atoms with van der Waals surface area (Å²) in [5.41, 5.74) is 2.34. The van der Waals surface area contributed by atoms with Crippen molar-refractivity contribution in [1.82, 2.24) is 14.8 Å². The van der Waals surface area contributed by atoms with Gasteiger partial charge in [0.15, 0.2) is 0 Å². The number of non-ortho nitro benzene ring substituents is 1. The smallest absolute Gasteiger partial charge is 0.270 e. The number of piperidine rings is 1. The van der Waals surface area contributed by atoms with Crippen LogP contribution in [0.4, 0.5) is 11.4 Å². The van der Waals surface area contributed by atoms with Crippen molar-refractivity contribution in [3.63, 3.8) is 0 Å². The van der Waals surface area contributed by atoms with Gasteiger partial charge in [-0.3, -0.25) is 19.8 Å². The number of carbonyl (C=O) groups is 1. The van der Waals surface area contributed by atoms with Crippen LogP contribution in [0.2, 0.25) is 0 Å². The molecule has 1 amide bonds. The normalized spacial score (nSPS) is 18.2. The average molecular weight is 458 g/mol. The third-order valence-electron chi connectivity index (χ3n) is 6.49. The van der Waals surface area contributed by atoms with Crippen LogP contribution >= 0.6 is 11.3 Å². The van der Waals surface area contributed by atoms with Gasteiger partial charge in [-0.05, 0) is 31.2 Å². The van der Waals surface area contributed by atoms with E-state index in [1.807, 2.05) is 4.90 Å². The molecule has 4 rings (SSSR count). The van der Waals surface area contributed by atoms with E-state index in [2.05, 4.69) is 34.0 Å². The van der Waals surface area contributed by atoms with Crippen LogP contribution in [0.25, 0.3) is 0 Å². The van der Waals surface area contributed by atoms with E-state index in [9.17, 15) is 14.9 Å². The first kappa shape index (κ1) is 22.7. The zero-order valence-electron chi connectivity index (χ0n) is 18.8. The van der Waals surface area contributed by atoms with Crippen molar-refractivity contribution in [2.75, 3.05) is 44.2 Å². The minimum atomic E-state index is -0.421. The Morgan fingerprint density at radius 3 is 2.53 bits per heavy atom. The van der Waals surface area contributed by atoms with Crippen molar-refractivity contribution in [2.24, 2.45) is 5.92 Å². The van der Waals surface area contributed by atoms with Gasteiger partial charge in [0.25, 0.3) is 11.6 Å². The number of thiazole rings is 1. The first-order chi connectivity index (χ1) is 15.4. The average Bonchev–Trinajstić information content (AvgIpc) is 3.27. The Kier molecular flexibility index (Phi) is 7.05. The van der Waals surface area contributed by atoms with E-state index in [0.29, 0.717) is 24.6 Å². The maximum absolute atomic E-state index is 13.5. The molecule has 2 fully saturated rings. The summed E-state index contributed by atoms with van der Waals surface area (Å²) in [6, 6.07) is 4.73. The monoisotopic (exact) mass is 457 g/mol. The molecule has 2 aliphatic rings. The predicted octanol–water partition coefficient (Wildman–Crippen LogP) is 3.81. The molecule has 9 heteroatoms. The molecule has 0 spiro atoms. The molecule has 0 aliphatic carbocycles. The molecule has 2 saturated heterocycles. The van der Waals surface area contributed by atoms with Crippen LogP contribution in [0.3, 0.4) is 0 Å². The minimum absolute atomic E-state index is 0.0311. The van der Waals surface area contributed by atoms with Crippen molar-refractivity contribution in [3.05, 3.63) is 50.0 Å². The summed E-state index contributed by atoms with van der Waals surface area (Å²) in [4.78, 5) is 35.4. The Balaban J connectivity index is 1.46. The van der Waals surface area contributed by atoms with Gasteiger partial charge in [-0.1, -0.05) is 13.8 Å². The van der Waals surface area contributed by atoms with E-state index in [0.717, 1.165) is 68.4 Å². The van der Waals surface area contributed by atoms with Gasteiger partial charge < -0.3 is 9.80 Å². The zero-order valence-corrected chi connectivity index (χ0v) is 19.6. The van der Waals surface area contributed by atoms with Crippen LogP contribution < -0.4 is 4.90 Å². The molecule has 0 saturated carbocycles. The number of hydrogen-bond acceptors (Lipinski definition) is 7. The van der Waals surface area contributed by atoms with Gasteiger partial charge >= 0.3 is 0 Å². The molecule has 8 nitrogen and oxygen atoms in total. The molecule has 0 atom stereocenters. The Hall–Kier alpha value is -2.52. The number of benzene rings is 1. The summed E-state index contributed by atoms with van der Waals surface area (Å²) in [7, 11) is 0. The SMILES string of the molecule is CCc1nc(CN2CCN(C(=O)c3cc([N+](=O)[O-])ccc3N3CCC(C)CC3)CC2)cs1. The highest BCUT2D eigenvalue weighted by Gasteiger charge is 2.28. The Bertz CT molecular complexity index is 962. The van der Waals surface area contributed by atoms with Crippen molar-refractivity contribution in [1.29, 1.82) is 0 Å². The quantitative estimate of drug-likeness (QED) is 0.485. The third-order valence-corrected chi connectivity index (χ3v) is 7.53. The lowest BCUT2D eigenvalue weighted by Crippen LogP contribution is -2.48. The number of piperazine rings is 1. The molecular formula is C23H31N5O3S. The highest BCUT2D eigenvalue weighted by atomic mass is 32.1. The minimum Gasteiger partial charge on any atom is -0.371 e. The van der Waals surface area contributed by atoms with Crippen LogP contribution in [0, 0.1) is 16.0 Å². The van der Waals surface area contributed by atoms with E-state index in [1.54, 1.807) is 17.4 Å². The second-order valence-electron chi connectivity index (χ2n) is 8.78. The summed E-state index contributed by atoms with van der Waals surface area (Å²) < 4.78 is 0. The number of hydrogen-bond donors (Lipinski definition) is 0. The number of aromatic nitrogens is 1. The number of aryl methyl sites for hydroxylation is 1. The van der Waals surface area contributed by atoms with Crippen molar-refractivity contribution >= 4 is 28.6 Å². The van der Waals surface area contributed by atoms with Gasteiger partial charge in [0.05, 0.1) is 26.9 Å². The molecule has 2 aromatic rings. The van der Waals surface area contributed by atoms with Gasteiger partial charge in [-0.25, -0.2) is 4.98 Å². The van der Waals surface area contributed by atoms with Gasteiger partial charge in [0.1, 0.15) is 0 Å². The summed E-state index contributed by atoms with van der Waals surface area (Å²) in [5, 5.41) is 14.6. The lowest BCUT2D eigenvalue weighted by Gasteiger charge is -2.36. The second-order valence-corrected chi connectivity index (χ2v) is 9.73. The summed E-state index contributed by atoms with van der Waals surface area (Å²) in [5.74, 6) is 0.562. The molecule has 2 aliphatic heterocycles. The predicted molar refractivity (Wildman–Crippen MR) is 126 cm³/mol. The molecule has 1 aromatic carbocycles.